The van der Waals surface area contributed by atoms with Crippen molar-refractivity contribution >= 4 is 12.4 Å². The molecule has 3 heteroatoms. The first-order valence-corrected chi connectivity index (χ1v) is 3.21. The first-order chi connectivity index (χ1) is 3.84. The van der Waals surface area contributed by atoms with E-state index in [9.17, 15) is 0 Å². The first-order valence-electron chi connectivity index (χ1n) is 3.21. The predicted octanol–water partition coefficient (Wildman–Crippen LogP) is 0.528. The minimum Gasteiger partial charge on any atom is -0.396 e. The van der Waals surface area contributed by atoms with Gasteiger partial charge in [-0.3, -0.25) is 0 Å². The molecule has 1 rings (SSSR count). The molecule has 0 aromatic carbocycles. The highest BCUT2D eigenvalue weighted by Crippen LogP contribution is 2.22. The second kappa shape index (κ2) is 4.09. The summed E-state index contributed by atoms with van der Waals surface area (Å²) in [5, 5.41) is 8.66. The van der Waals surface area contributed by atoms with Gasteiger partial charge in [0.05, 0.1) is 0 Å². The molecule has 0 heterocycles. The number of hydrogen-bond donors (Lipinski definition) is 2. The fourth-order valence-electron chi connectivity index (χ4n) is 1.29. The predicted molar refractivity (Wildman–Crippen MR) is 39.7 cm³/mol. The lowest BCUT2D eigenvalue weighted by atomic mass is 10.1. The van der Waals surface area contributed by atoms with Gasteiger partial charge in [-0.05, 0) is 18.8 Å². The normalized spacial score (nSPS) is 34.0. The third-order valence-corrected chi connectivity index (χ3v) is 1.95. The van der Waals surface area contributed by atoms with Crippen molar-refractivity contribution in [1.29, 1.82) is 0 Å². The second-order valence-corrected chi connectivity index (χ2v) is 2.54. The molecule has 2 atom stereocenters. The van der Waals surface area contributed by atoms with Gasteiger partial charge in [0, 0.05) is 12.6 Å². The van der Waals surface area contributed by atoms with Gasteiger partial charge in [0.1, 0.15) is 0 Å². The molecule has 56 valence electrons. The van der Waals surface area contributed by atoms with Crippen molar-refractivity contribution in [2.45, 2.75) is 25.3 Å². The molecule has 1 aliphatic rings. The summed E-state index contributed by atoms with van der Waals surface area (Å²) in [6.07, 6.45) is 3.43. The standard InChI is InChI=1S/C6H13NO.ClH/c7-6-3-1-2-5(6)4-8;/h5-6,8H,1-4,7H2;1H/t5-,6-;/m1./s1. The van der Waals surface area contributed by atoms with Crippen LogP contribution in [-0.4, -0.2) is 17.8 Å². The van der Waals surface area contributed by atoms with Crippen LogP contribution in [0.2, 0.25) is 0 Å². The summed E-state index contributed by atoms with van der Waals surface area (Å²) in [5.74, 6) is 0.398. The van der Waals surface area contributed by atoms with E-state index in [1.54, 1.807) is 0 Å². The largest absolute Gasteiger partial charge is 0.396 e. The van der Waals surface area contributed by atoms with Crippen LogP contribution in [0.15, 0.2) is 0 Å². The van der Waals surface area contributed by atoms with Crippen LogP contribution >= 0.6 is 12.4 Å². The van der Waals surface area contributed by atoms with Gasteiger partial charge >= 0.3 is 0 Å². The maximum Gasteiger partial charge on any atom is 0.0474 e. The maximum atomic E-state index is 8.66. The van der Waals surface area contributed by atoms with E-state index in [-0.39, 0.29) is 25.1 Å². The van der Waals surface area contributed by atoms with Gasteiger partial charge in [-0.25, -0.2) is 0 Å². The number of nitrogens with two attached hydrogens (primary N) is 1. The van der Waals surface area contributed by atoms with Crippen LogP contribution < -0.4 is 5.73 Å². The molecule has 2 nitrogen and oxygen atoms in total. The molecule has 0 aromatic rings. The van der Waals surface area contributed by atoms with Gasteiger partial charge in [0.15, 0.2) is 0 Å². The van der Waals surface area contributed by atoms with Crippen molar-refractivity contribution in [1.82, 2.24) is 0 Å². The van der Waals surface area contributed by atoms with Crippen LogP contribution in [0.4, 0.5) is 0 Å². The lowest BCUT2D eigenvalue weighted by Crippen LogP contribution is -2.26. The van der Waals surface area contributed by atoms with Crippen LogP contribution in [0.3, 0.4) is 0 Å². The molecule has 0 saturated heterocycles. The van der Waals surface area contributed by atoms with E-state index in [1.807, 2.05) is 0 Å². The summed E-state index contributed by atoms with van der Waals surface area (Å²) in [7, 11) is 0. The van der Waals surface area contributed by atoms with Crippen LogP contribution in [0.5, 0.6) is 0 Å². The second-order valence-electron chi connectivity index (χ2n) is 2.54. The van der Waals surface area contributed by atoms with E-state index in [0.717, 1.165) is 12.8 Å². The minimum absolute atomic E-state index is 0. The summed E-state index contributed by atoms with van der Waals surface area (Å²) in [6, 6.07) is 0.278. The molecule has 0 bridgehead atoms. The molecule has 0 radical (unpaired) electrons. The maximum absolute atomic E-state index is 8.66. The highest BCUT2D eigenvalue weighted by Gasteiger charge is 2.22. The third-order valence-electron chi connectivity index (χ3n) is 1.95. The number of aliphatic hydroxyl groups is 1. The summed E-state index contributed by atoms with van der Waals surface area (Å²) < 4.78 is 0. The Morgan fingerprint density at radius 2 is 2.11 bits per heavy atom. The Morgan fingerprint density at radius 3 is 2.33 bits per heavy atom. The van der Waals surface area contributed by atoms with Crippen molar-refractivity contribution in [2.24, 2.45) is 11.7 Å². The lowest BCUT2D eigenvalue weighted by Gasteiger charge is -2.09. The highest BCUT2D eigenvalue weighted by atomic mass is 35.5. The van der Waals surface area contributed by atoms with Gasteiger partial charge in [-0.15, -0.1) is 12.4 Å². The quantitative estimate of drug-likeness (QED) is 0.575. The summed E-state index contributed by atoms with van der Waals surface area (Å²) in [6.45, 7) is 0.279. The van der Waals surface area contributed by atoms with E-state index >= 15 is 0 Å². The van der Waals surface area contributed by atoms with Gasteiger partial charge in [-0.1, -0.05) is 6.42 Å². The molecule has 3 N–H and O–H groups in total. The number of halogens is 1. The van der Waals surface area contributed by atoms with Crippen molar-refractivity contribution in [2.75, 3.05) is 6.61 Å². The van der Waals surface area contributed by atoms with Crippen LogP contribution in [-0.2, 0) is 0 Å². The van der Waals surface area contributed by atoms with Crippen LogP contribution in [0.1, 0.15) is 19.3 Å². The SMILES string of the molecule is Cl.N[C@@H]1CCC[C@@H]1CO. The first kappa shape index (κ1) is 9.21. The molecule has 0 amide bonds. The zero-order valence-electron chi connectivity index (χ0n) is 5.42. The molecule has 0 unspecified atom stereocenters. The summed E-state index contributed by atoms with van der Waals surface area (Å²) in [5.41, 5.74) is 5.63. The van der Waals surface area contributed by atoms with Crippen molar-refractivity contribution in [3.63, 3.8) is 0 Å². The Balaban J connectivity index is 0.000000640. The number of hydrogen-bond acceptors (Lipinski definition) is 2. The highest BCUT2D eigenvalue weighted by molar-refractivity contribution is 5.85. The Hall–Kier alpha value is 0.210. The van der Waals surface area contributed by atoms with Crippen molar-refractivity contribution in [3.05, 3.63) is 0 Å². The number of rotatable bonds is 1. The van der Waals surface area contributed by atoms with Crippen molar-refractivity contribution < 1.29 is 5.11 Å². The molecule has 1 fully saturated rings. The van der Waals surface area contributed by atoms with Gasteiger partial charge < -0.3 is 10.8 Å². The molecule has 0 aliphatic heterocycles. The Kier molecular flexibility index (Phi) is 4.19. The Bertz CT molecular complexity index is 79.5. The molecule has 9 heavy (non-hydrogen) atoms. The van der Waals surface area contributed by atoms with E-state index in [2.05, 4.69) is 0 Å². The van der Waals surface area contributed by atoms with Gasteiger partial charge in [-0.2, -0.15) is 0 Å². The van der Waals surface area contributed by atoms with E-state index < -0.39 is 0 Å². The zero-order chi connectivity index (χ0) is 5.98. The van der Waals surface area contributed by atoms with E-state index in [1.165, 1.54) is 6.42 Å². The van der Waals surface area contributed by atoms with E-state index in [0.29, 0.717) is 5.92 Å². The van der Waals surface area contributed by atoms with Gasteiger partial charge in [0.2, 0.25) is 0 Å². The molecular formula is C6H14ClNO. The monoisotopic (exact) mass is 151 g/mol. The molecular weight excluding hydrogens is 138 g/mol. The summed E-state index contributed by atoms with van der Waals surface area (Å²) >= 11 is 0. The fraction of sp³-hybridized carbons (Fsp3) is 1.00. The molecule has 0 aromatic heterocycles. The average Bonchev–Trinajstić information content (AvgIpc) is 2.14. The third kappa shape index (κ3) is 2.12. The topological polar surface area (TPSA) is 46.2 Å². The lowest BCUT2D eigenvalue weighted by molar-refractivity contribution is 0.218. The van der Waals surface area contributed by atoms with E-state index in [4.69, 9.17) is 10.8 Å². The van der Waals surface area contributed by atoms with Crippen LogP contribution in [0.25, 0.3) is 0 Å². The summed E-state index contributed by atoms with van der Waals surface area (Å²) in [4.78, 5) is 0. The van der Waals surface area contributed by atoms with Crippen LogP contribution in [0, 0.1) is 5.92 Å². The molecule has 0 spiro atoms. The Morgan fingerprint density at radius 1 is 1.44 bits per heavy atom. The van der Waals surface area contributed by atoms with Gasteiger partial charge in [0.25, 0.3) is 0 Å². The zero-order valence-corrected chi connectivity index (χ0v) is 6.23. The Labute approximate surface area is 61.8 Å². The van der Waals surface area contributed by atoms with Crippen molar-refractivity contribution in [3.8, 4) is 0 Å². The fourth-order valence-corrected chi connectivity index (χ4v) is 1.29. The minimum atomic E-state index is 0. The molecule has 1 aliphatic carbocycles. The molecule has 1 saturated carbocycles. The average molecular weight is 152 g/mol. The smallest absolute Gasteiger partial charge is 0.0474 e. The number of aliphatic hydroxyl groups excluding tert-OH is 1.